The Morgan fingerprint density at radius 3 is 2.25 bits per heavy atom. The van der Waals surface area contributed by atoms with Gasteiger partial charge in [0.1, 0.15) is 5.75 Å². The summed E-state index contributed by atoms with van der Waals surface area (Å²) in [5.41, 5.74) is 2.88. The van der Waals surface area contributed by atoms with Gasteiger partial charge in [-0.1, -0.05) is 24.3 Å². The Labute approximate surface area is 212 Å². The van der Waals surface area contributed by atoms with E-state index in [1.54, 1.807) is 32.0 Å². The van der Waals surface area contributed by atoms with Crippen molar-refractivity contribution in [1.29, 1.82) is 0 Å². The Morgan fingerprint density at radius 1 is 0.917 bits per heavy atom. The van der Waals surface area contributed by atoms with Crippen molar-refractivity contribution in [2.75, 3.05) is 59.0 Å². The van der Waals surface area contributed by atoms with Crippen molar-refractivity contribution in [3.63, 3.8) is 0 Å². The van der Waals surface area contributed by atoms with Crippen LogP contribution in [-0.4, -0.2) is 68.7 Å². The van der Waals surface area contributed by atoms with Crippen LogP contribution in [0.4, 0.5) is 5.69 Å². The van der Waals surface area contributed by atoms with Gasteiger partial charge in [-0.05, 0) is 42.8 Å². The van der Waals surface area contributed by atoms with Gasteiger partial charge in [0.05, 0.1) is 32.4 Å². The summed E-state index contributed by atoms with van der Waals surface area (Å²) in [7, 11) is 4.80. The summed E-state index contributed by atoms with van der Waals surface area (Å²) >= 11 is 0. The van der Waals surface area contributed by atoms with Crippen molar-refractivity contribution in [3.05, 3.63) is 81.8 Å². The largest absolute Gasteiger partial charge is 0.507 e. The van der Waals surface area contributed by atoms with Gasteiger partial charge in [0.15, 0.2) is 11.5 Å². The Balaban J connectivity index is 1.77. The monoisotopic (exact) mass is 493 g/mol. The number of aromatic hydroxyl groups is 1. The number of ether oxygens (including phenoxy) is 3. The molecule has 1 aliphatic rings. The number of rotatable bonds is 9. The molecule has 8 nitrogen and oxygen atoms in total. The third-order valence-corrected chi connectivity index (χ3v) is 6.84. The smallest absolute Gasteiger partial charge is 0.259 e. The molecule has 1 aliphatic heterocycles. The molecule has 1 unspecified atom stereocenters. The van der Waals surface area contributed by atoms with Gasteiger partial charge in [-0.3, -0.25) is 9.69 Å². The fourth-order valence-corrected chi connectivity index (χ4v) is 4.95. The maximum atomic E-state index is 13.8. The predicted octanol–water partition coefficient (Wildman–Crippen LogP) is 3.44. The zero-order valence-corrected chi connectivity index (χ0v) is 21.4. The van der Waals surface area contributed by atoms with Crippen LogP contribution in [0.3, 0.4) is 0 Å². The van der Waals surface area contributed by atoms with Crippen LogP contribution in [0.5, 0.6) is 17.2 Å². The van der Waals surface area contributed by atoms with Crippen molar-refractivity contribution < 1.29 is 19.3 Å². The van der Waals surface area contributed by atoms with Crippen LogP contribution in [0.1, 0.15) is 22.9 Å². The lowest BCUT2D eigenvalue weighted by Crippen LogP contribution is -2.49. The molecule has 4 rings (SSSR count). The first-order valence-corrected chi connectivity index (χ1v) is 12.2. The second-order valence-corrected chi connectivity index (χ2v) is 8.91. The molecular weight excluding hydrogens is 458 g/mol. The Morgan fingerprint density at radius 2 is 1.61 bits per heavy atom. The van der Waals surface area contributed by atoms with Gasteiger partial charge in [-0.15, -0.1) is 0 Å². The highest BCUT2D eigenvalue weighted by Gasteiger charge is 2.32. The summed E-state index contributed by atoms with van der Waals surface area (Å²) in [5.74, 6) is 1.19. The minimum Gasteiger partial charge on any atom is -0.507 e. The highest BCUT2D eigenvalue weighted by molar-refractivity contribution is 5.49. The highest BCUT2D eigenvalue weighted by atomic mass is 16.5. The molecule has 8 heteroatoms. The van der Waals surface area contributed by atoms with Gasteiger partial charge >= 0.3 is 0 Å². The number of methoxy groups -OCH3 is 3. The minimum absolute atomic E-state index is 0.00330. The quantitative estimate of drug-likeness (QED) is 0.489. The molecular formula is C28H35N3O5. The first-order valence-electron chi connectivity index (χ1n) is 12.2. The summed E-state index contributed by atoms with van der Waals surface area (Å²) in [6.45, 7) is 5.69. The first kappa shape index (κ1) is 25.6. The summed E-state index contributed by atoms with van der Waals surface area (Å²) in [6.07, 6.45) is 0. The Hall–Kier alpha value is -3.49. The summed E-state index contributed by atoms with van der Waals surface area (Å²) < 4.78 is 17.9. The van der Waals surface area contributed by atoms with E-state index in [9.17, 15) is 9.90 Å². The molecule has 1 aromatic heterocycles. The third-order valence-electron chi connectivity index (χ3n) is 6.84. The van der Waals surface area contributed by atoms with Crippen LogP contribution in [-0.2, 0) is 11.3 Å². The van der Waals surface area contributed by atoms with Gasteiger partial charge in [0.25, 0.3) is 5.56 Å². The number of hydrogen-bond donors (Lipinski definition) is 1. The molecule has 0 radical (unpaired) electrons. The molecule has 0 saturated carbocycles. The van der Waals surface area contributed by atoms with E-state index in [0.717, 1.165) is 31.7 Å². The van der Waals surface area contributed by atoms with Crippen molar-refractivity contribution in [3.8, 4) is 17.2 Å². The molecule has 1 atom stereocenters. The summed E-state index contributed by atoms with van der Waals surface area (Å²) in [4.78, 5) is 18.4. The van der Waals surface area contributed by atoms with Crippen molar-refractivity contribution in [1.82, 2.24) is 9.47 Å². The molecule has 2 heterocycles. The fourth-order valence-electron chi connectivity index (χ4n) is 4.95. The predicted molar refractivity (Wildman–Crippen MR) is 141 cm³/mol. The average molecular weight is 494 g/mol. The second-order valence-electron chi connectivity index (χ2n) is 8.91. The van der Waals surface area contributed by atoms with E-state index in [0.29, 0.717) is 35.9 Å². The number of anilines is 1. The number of para-hydroxylation sites is 1. The zero-order valence-electron chi connectivity index (χ0n) is 21.4. The lowest BCUT2D eigenvalue weighted by Gasteiger charge is -2.40. The number of nitrogens with zero attached hydrogens (tertiary/aromatic N) is 3. The van der Waals surface area contributed by atoms with Crippen molar-refractivity contribution in [2.45, 2.75) is 19.5 Å². The van der Waals surface area contributed by atoms with Crippen LogP contribution in [0.15, 0.2) is 59.4 Å². The number of piperazine rings is 1. The van der Waals surface area contributed by atoms with E-state index in [-0.39, 0.29) is 11.3 Å². The standard InChI is InChI=1S/C28H35N3O5/c1-20-18-23(32)26(28(33)31(20)16-17-34-2)27(21-10-11-24(35-3)25(19-21)36-4)30-14-12-29(13-15-30)22-8-6-5-7-9-22/h5-11,18-19,27,32H,12-17H2,1-4H3. The lowest BCUT2D eigenvalue weighted by molar-refractivity contribution is 0.183. The summed E-state index contributed by atoms with van der Waals surface area (Å²) in [6, 6.07) is 17.2. The Kier molecular flexibility index (Phi) is 8.18. The molecule has 0 bridgehead atoms. The van der Waals surface area contributed by atoms with Crippen molar-refractivity contribution >= 4 is 5.69 Å². The van der Waals surface area contributed by atoms with Gasteiger partial charge in [-0.2, -0.15) is 0 Å². The molecule has 3 aromatic rings. The van der Waals surface area contributed by atoms with Crippen LogP contribution >= 0.6 is 0 Å². The van der Waals surface area contributed by atoms with Crippen LogP contribution in [0, 0.1) is 6.92 Å². The molecule has 0 spiro atoms. The number of pyridine rings is 1. The number of aryl methyl sites for hydroxylation is 1. The maximum Gasteiger partial charge on any atom is 0.259 e. The first-order chi connectivity index (χ1) is 17.5. The molecule has 2 aromatic carbocycles. The molecule has 1 N–H and O–H groups in total. The third kappa shape index (κ3) is 5.20. The highest BCUT2D eigenvalue weighted by Crippen LogP contribution is 2.37. The minimum atomic E-state index is -0.454. The normalized spacial score (nSPS) is 15.1. The average Bonchev–Trinajstić information content (AvgIpc) is 2.91. The Bertz CT molecular complexity index is 1220. The molecule has 36 heavy (non-hydrogen) atoms. The van der Waals surface area contributed by atoms with E-state index in [1.165, 1.54) is 5.69 Å². The SMILES string of the molecule is COCCn1c(C)cc(O)c(C(c2ccc(OC)c(OC)c2)N2CCN(c3ccccc3)CC2)c1=O. The fraction of sp³-hybridized carbons (Fsp3) is 0.393. The van der Waals surface area contributed by atoms with Gasteiger partial charge in [0.2, 0.25) is 0 Å². The van der Waals surface area contributed by atoms with Crippen LogP contribution in [0.2, 0.25) is 0 Å². The van der Waals surface area contributed by atoms with E-state index >= 15 is 0 Å². The van der Waals surface area contributed by atoms with E-state index in [2.05, 4.69) is 21.9 Å². The molecule has 192 valence electrons. The second kappa shape index (κ2) is 11.5. The molecule has 1 fully saturated rings. The van der Waals surface area contributed by atoms with E-state index in [4.69, 9.17) is 14.2 Å². The number of aromatic nitrogens is 1. The van der Waals surface area contributed by atoms with Crippen LogP contribution < -0.4 is 19.9 Å². The summed E-state index contributed by atoms with van der Waals surface area (Å²) in [5, 5.41) is 11.1. The van der Waals surface area contributed by atoms with Gasteiger partial charge in [0, 0.05) is 51.2 Å². The molecule has 0 aliphatic carbocycles. The van der Waals surface area contributed by atoms with Gasteiger partial charge < -0.3 is 28.8 Å². The van der Waals surface area contributed by atoms with Gasteiger partial charge in [-0.25, -0.2) is 0 Å². The molecule has 0 amide bonds. The van der Waals surface area contributed by atoms with Crippen LogP contribution in [0.25, 0.3) is 0 Å². The van der Waals surface area contributed by atoms with E-state index in [1.807, 2.05) is 43.3 Å². The zero-order chi connectivity index (χ0) is 25.7. The lowest BCUT2D eigenvalue weighted by atomic mass is 9.95. The maximum absolute atomic E-state index is 13.8. The molecule has 1 saturated heterocycles. The van der Waals surface area contributed by atoms with E-state index < -0.39 is 6.04 Å². The number of benzene rings is 2. The number of hydrogen-bond acceptors (Lipinski definition) is 7. The topological polar surface area (TPSA) is 76.4 Å². The van der Waals surface area contributed by atoms with Crippen molar-refractivity contribution in [2.24, 2.45) is 0 Å².